The van der Waals surface area contributed by atoms with Gasteiger partial charge in [0.1, 0.15) is 27.8 Å². The summed E-state index contributed by atoms with van der Waals surface area (Å²) in [5.41, 5.74) is 1.63. The van der Waals surface area contributed by atoms with E-state index < -0.39 is 16.1 Å². The predicted octanol–water partition coefficient (Wildman–Crippen LogP) is 2.16. The summed E-state index contributed by atoms with van der Waals surface area (Å²) in [4.78, 5) is 15.1. The van der Waals surface area contributed by atoms with Crippen LogP contribution in [0.3, 0.4) is 0 Å². The molecule has 2 fully saturated rings. The van der Waals surface area contributed by atoms with Crippen molar-refractivity contribution < 1.29 is 17.6 Å². The monoisotopic (exact) mass is 475 g/mol. The van der Waals surface area contributed by atoms with Crippen molar-refractivity contribution in [2.45, 2.75) is 29.8 Å². The predicted molar refractivity (Wildman–Crippen MR) is 118 cm³/mol. The number of amides is 1. The lowest BCUT2D eigenvalue weighted by Crippen LogP contribution is -2.52. The van der Waals surface area contributed by atoms with Crippen LogP contribution >= 0.6 is 11.7 Å². The molecule has 1 unspecified atom stereocenters. The molecule has 32 heavy (non-hydrogen) atoms. The molecule has 2 aromatic carbocycles. The van der Waals surface area contributed by atoms with Gasteiger partial charge in [0.05, 0.1) is 11.7 Å². The van der Waals surface area contributed by atoms with E-state index in [1.165, 1.54) is 16.4 Å². The van der Waals surface area contributed by atoms with Crippen molar-refractivity contribution in [1.82, 2.24) is 23.3 Å². The third-order valence-electron chi connectivity index (χ3n) is 5.86. The largest absolute Gasteiger partial charge is 0.352 e. The van der Waals surface area contributed by atoms with Gasteiger partial charge in [-0.3, -0.25) is 9.69 Å². The molecule has 1 N–H and O–H groups in total. The van der Waals surface area contributed by atoms with Crippen LogP contribution in [0.4, 0.5) is 4.39 Å². The molecule has 8 nitrogen and oxygen atoms in total. The molecule has 5 rings (SSSR count). The Kier molecular flexibility index (Phi) is 5.66. The average molecular weight is 476 g/mol. The number of benzene rings is 2. The number of sulfonamides is 1. The maximum absolute atomic E-state index is 13.4. The Morgan fingerprint density at radius 3 is 2.47 bits per heavy atom. The lowest BCUT2D eigenvalue weighted by Gasteiger charge is -2.38. The molecule has 1 aromatic heterocycles. The van der Waals surface area contributed by atoms with Crippen molar-refractivity contribution in [3.63, 3.8) is 0 Å². The summed E-state index contributed by atoms with van der Waals surface area (Å²) in [5.74, 6) is -0.495. The molecule has 1 saturated heterocycles. The number of hydrogen-bond donors (Lipinski definition) is 1. The van der Waals surface area contributed by atoms with Gasteiger partial charge in [0.25, 0.3) is 0 Å². The second-order valence-corrected chi connectivity index (χ2v) is 10.5. The molecule has 1 aliphatic carbocycles. The van der Waals surface area contributed by atoms with Crippen LogP contribution in [-0.2, 0) is 14.8 Å². The van der Waals surface area contributed by atoms with Gasteiger partial charge in [-0.25, -0.2) is 12.8 Å². The molecule has 2 heterocycles. The van der Waals surface area contributed by atoms with Gasteiger partial charge in [-0.15, -0.1) is 0 Å². The molecule has 2 aliphatic rings. The van der Waals surface area contributed by atoms with Crippen molar-refractivity contribution in [3.05, 3.63) is 53.8 Å². The number of nitrogens with zero attached hydrogens (tertiary/aromatic N) is 4. The first-order chi connectivity index (χ1) is 15.4. The summed E-state index contributed by atoms with van der Waals surface area (Å²) >= 11 is 0.983. The molecule has 1 amide bonds. The van der Waals surface area contributed by atoms with E-state index in [0.717, 1.165) is 24.6 Å². The van der Waals surface area contributed by atoms with Crippen LogP contribution in [0.2, 0.25) is 0 Å². The average Bonchev–Trinajstić information content (AvgIpc) is 3.47. The highest BCUT2D eigenvalue weighted by Crippen LogP contribution is 2.29. The number of carbonyl (C=O) groups excluding carboxylic acids is 1. The maximum Gasteiger partial charge on any atom is 0.245 e. The number of rotatable bonds is 6. The molecule has 0 radical (unpaired) electrons. The number of carbonyl (C=O) groups is 1. The minimum atomic E-state index is -3.75. The van der Waals surface area contributed by atoms with E-state index in [-0.39, 0.29) is 35.8 Å². The first-order valence-corrected chi connectivity index (χ1v) is 12.6. The topological polar surface area (TPSA) is 95.5 Å². The summed E-state index contributed by atoms with van der Waals surface area (Å²) < 4.78 is 49.8. The SMILES string of the molecule is O=C(NC1CC1)C(c1ccc(F)cc1)N1CCN(S(=O)(=O)c2cccc3nsnc23)CC1. The van der Waals surface area contributed by atoms with Crippen molar-refractivity contribution in [2.24, 2.45) is 0 Å². The molecule has 11 heteroatoms. The van der Waals surface area contributed by atoms with Crippen molar-refractivity contribution in [3.8, 4) is 0 Å². The number of aromatic nitrogens is 2. The second kappa shape index (κ2) is 8.47. The van der Waals surface area contributed by atoms with Gasteiger partial charge in [0.15, 0.2) is 0 Å². The van der Waals surface area contributed by atoms with E-state index in [4.69, 9.17) is 0 Å². The van der Waals surface area contributed by atoms with Gasteiger partial charge in [0, 0.05) is 32.2 Å². The van der Waals surface area contributed by atoms with E-state index in [2.05, 4.69) is 14.1 Å². The van der Waals surface area contributed by atoms with Crippen LogP contribution < -0.4 is 5.32 Å². The van der Waals surface area contributed by atoms with Crippen molar-refractivity contribution in [1.29, 1.82) is 0 Å². The Labute approximate surface area is 189 Å². The first kappa shape index (κ1) is 21.4. The molecule has 1 atom stereocenters. The van der Waals surface area contributed by atoms with Crippen LogP contribution in [0.25, 0.3) is 11.0 Å². The molecule has 1 saturated carbocycles. The first-order valence-electron chi connectivity index (χ1n) is 10.4. The van der Waals surface area contributed by atoms with Gasteiger partial charge in [-0.2, -0.15) is 13.1 Å². The molecule has 3 aromatic rings. The van der Waals surface area contributed by atoms with Crippen LogP contribution in [0.15, 0.2) is 47.4 Å². The Bertz CT molecular complexity index is 1240. The number of halogens is 1. The normalized spacial score (nSPS) is 19.2. The second-order valence-electron chi connectivity index (χ2n) is 8.07. The Balaban J connectivity index is 1.36. The minimum Gasteiger partial charge on any atom is -0.352 e. The Hall–Kier alpha value is -2.47. The van der Waals surface area contributed by atoms with Gasteiger partial charge >= 0.3 is 0 Å². The van der Waals surface area contributed by atoms with Crippen LogP contribution in [-0.4, -0.2) is 64.5 Å². The Morgan fingerprint density at radius 1 is 1.06 bits per heavy atom. The number of hydrogen-bond acceptors (Lipinski definition) is 7. The minimum absolute atomic E-state index is 0.131. The fourth-order valence-corrected chi connectivity index (χ4v) is 6.19. The molecule has 168 valence electrons. The summed E-state index contributed by atoms with van der Waals surface area (Å²) in [6.45, 7) is 1.24. The molecule has 0 spiro atoms. The van der Waals surface area contributed by atoms with Crippen molar-refractivity contribution >= 4 is 38.7 Å². The third-order valence-corrected chi connectivity index (χ3v) is 8.34. The molecule has 1 aliphatic heterocycles. The number of fused-ring (bicyclic) bond motifs is 1. The molecular weight excluding hydrogens is 453 g/mol. The maximum atomic E-state index is 13.4. The quantitative estimate of drug-likeness (QED) is 0.587. The highest BCUT2D eigenvalue weighted by Gasteiger charge is 2.37. The van der Waals surface area contributed by atoms with Gasteiger partial charge in [-0.1, -0.05) is 18.2 Å². The van der Waals surface area contributed by atoms with E-state index in [9.17, 15) is 17.6 Å². The van der Waals surface area contributed by atoms with E-state index in [0.29, 0.717) is 29.7 Å². The van der Waals surface area contributed by atoms with E-state index in [1.54, 1.807) is 30.3 Å². The van der Waals surface area contributed by atoms with Gasteiger partial charge in [-0.05, 0) is 42.7 Å². The highest BCUT2D eigenvalue weighted by atomic mass is 32.2. The smallest absolute Gasteiger partial charge is 0.245 e. The van der Waals surface area contributed by atoms with Crippen LogP contribution in [0, 0.1) is 5.82 Å². The lowest BCUT2D eigenvalue weighted by atomic mass is 10.0. The molecule has 0 bridgehead atoms. The van der Waals surface area contributed by atoms with E-state index in [1.807, 2.05) is 4.90 Å². The standard InChI is InChI=1S/C21H22FN5O3S2/c22-15-6-4-14(5-7-15)20(21(28)23-16-8-9-16)26-10-12-27(13-11-26)32(29,30)18-3-1-2-17-19(18)25-31-24-17/h1-7,16,20H,8-13H2,(H,23,28). The van der Waals surface area contributed by atoms with Gasteiger partial charge < -0.3 is 5.32 Å². The summed E-state index contributed by atoms with van der Waals surface area (Å²) in [6.07, 6.45) is 1.93. The van der Waals surface area contributed by atoms with E-state index >= 15 is 0 Å². The van der Waals surface area contributed by atoms with Crippen LogP contribution in [0.5, 0.6) is 0 Å². The third kappa shape index (κ3) is 4.13. The fraction of sp³-hybridized carbons (Fsp3) is 0.381. The molecular formula is C21H22FN5O3S2. The number of piperazine rings is 1. The summed E-state index contributed by atoms with van der Waals surface area (Å²) in [5, 5.41) is 3.03. The summed E-state index contributed by atoms with van der Waals surface area (Å²) in [7, 11) is -3.75. The van der Waals surface area contributed by atoms with Crippen molar-refractivity contribution in [2.75, 3.05) is 26.2 Å². The van der Waals surface area contributed by atoms with Gasteiger partial charge in [0.2, 0.25) is 15.9 Å². The Morgan fingerprint density at radius 2 is 1.78 bits per heavy atom. The zero-order chi connectivity index (χ0) is 22.3. The lowest BCUT2D eigenvalue weighted by molar-refractivity contribution is -0.127. The fourth-order valence-electron chi connectivity index (χ4n) is 4.01. The number of nitrogens with one attached hydrogen (secondary N) is 1. The van der Waals surface area contributed by atoms with Crippen LogP contribution in [0.1, 0.15) is 24.4 Å². The zero-order valence-corrected chi connectivity index (χ0v) is 18.8. The highest BCUT2D eigenvalue weighted by molar-refractivity contribution is 7.89. The summed E-state index contributed by atoms with van der Waals surface area (Å²) in [6, 6.07) is 10.5. The zero-order valence-electron chi connectivity index (χ0n) is 17.1.